The number of nitrogens with zero attached hydrogens (tertiary/aromatic N) is 5. The number of amides is 2. The van der Waals surface area contributed by atoms with Crippen molar-refractivity contribution >= 4 is 35.7 Å². The number of aromatic nitrogens is 1. The van der Waals surface area contributed by atoms with Crippen LogP contribution >= 0.6 is 0 Å². The number of hydrogen-bond donors (Lipinski definition) is 0. The van der Waals surface area contributed by atoms with E-state index >= 15 is 0 Å². The lowest BCUT2D eigenvalue weighted by molar-refractivity contribution is -0.145. The van der Waals surface area contributed by atoms with Crippen LogP contribution in [0.1, 0.15) is 28.8 Å². The first kappa shape index (κ1) is 25.3. The van der Waals surface area contributed by atoms with E-state index in [-0.39, 0.29) is 18.7 Å². The number of ether oxygens (including phenoxy) is 2. The SMILES string of the molecule is COC(=O)C(CC1=NC=NC(=O)C1=O)N1Cc2cc(C#Cc3ccc(CN4CCOCC4)cc3)cn2C1=O. The molecule has 0 spiro atoms. The summed E-state index contributed by atoms with van der Waals surface area (Å²) >= 11 is 0. The summed E-state index contributed by atoms with van der Waals surface area (Å²) in [6.07, 6.45) is 2.32. The average Bonchev–Trinajstić information content (AvgIpc) is 3.47. The van der Waals surface area contributed by atoms with Crippen molar-refractivity contribution in [1.82, 2.24) is 14.4 Å². The summed E-state index contributed by atoms with van der Waals surface area (Å²) in [6.45, 7) is 4.37. The molecule has 2 aromatic rings. The molecule has 1 saturated heterocycles. The number of methoxy groups -OCH3 is 1. The van der Waals surface area contributed by atoms with Gasteiger partial charge in [0.2, 0.25) is 0 Å². The summed E-state index contributed by atoms with van der Waals surface area (Å²) in [7, 11) is 1.19. The quantitative estimate of drug-likeness (QED) is 0.320. The molecule has 11 heteroatoms. The minimum atomic E-state index is -1.13. The summed E-state index contributed by atoms with van der Waals surface area (Å²) in [6, 6.07) is 8.28. The van der Waals surface area contributed by atoms with E-state index < -0.39 is 29.7 Å². The number of aliphatic imine (C=N–C) groups is 2. The van der Waals surface area contributed by atoms with Gasteiger partial charge in [0.1, 0.15) is 12.4 Å². The normalized spacial score (nSPS) is 18.1. The summed E-state index contributed by atoms with van der Waals surface area (Å²) in [4.78, 5) is 60.1. The Kier molecular flexibility index (Phi) is 7.26. The number of Topliss-reactive ketones (excluding diaryl/α,β-unsaturated/α-hetero) is 1. The number of hydrogen-bond acceptors (Lipinski definition) is 8. The first-order valence-electron chi connectivity index (χ1n) is 12.1. The fourth-order valence-corrected chi connectivity index (χ4v) is 4.53. The highest BCUT2D eigenvalue weighted by molar-refractivity contribution is 6.67. The minimum Gasteiger partial charge on any atom is -0.467 e. The standard InChI is InChI=1S/C27H25N5O6/c1-37-26(35)23(13-22-24(33)25(34)29-17-28-22)32-16-21-12-20(15-31(21)27(32)36)7-4-18-2-5-19(6-3-18)14-30-8-10-38-11-9-30/h2-3,5-6,12,15,17,23H,8-11,13-14,16H2,1H3. The maximum absolute atomic E-state index is 13.1. The average molecular weight is 516 g/mol. The lowest BCUT2D eigenvalue weighted by Gasteiger charge is -2.26. The van der Waals surface area contributed by atoms with Crippen LogP contribution in [0.3, 0.4) is 0 Å². The van der Waals surface area contributed by atoms with Gasteiger partial charge in [0.25, 0.3) is 5.78 Å². The molecule has 2 amide bonds. The molecule has 1 fully saturated rings. The molecule has 4 heterocycles. The fraction of sp³-hybridized carbons (Fsp3) is 0.333. The maximum Gasteiger partial charge on any atom is 0.329 e. The highest BCUT2D eigenvalue weighted by atomic mass is 16.5. The van der Waals surface area contributed by atoms with Crippen LogP contribution < -0.4 is 0 Å². The van der Waals surface area contributed by atoms with Gasteiger partial charge in [0.15, 0.2) is 0 Å². The van der Waals surface area contributed by atoms with E-state index in [1.807, 2.05) is 12.1 Å². The van der Waals surface area contributed by atoms with E-state index in [0.717, 1.165) is 44.8 Å². The third kappa shape index (κ3) is 5.32. The van der Waals surface area contributed by atoms with Crippen molar-refractivity contribution < 1.29 is 28.7 Å². The van der Waals surface area contributed by atoms with Crippen molar-refractivity contribution in [3.63, 3.8) is 0 Å². The smallest absolute Gasteiger partial charge is 0.329 e. The second-order valence-electron chi connectivity index (χ2n) is 9.03. The molecule has 3 aliphatic rings. The predicted octanol–water partition coefficient (Wildman–Crippen LogP) is 1.01. The molecule has 11 nitrogen and oxygen atoms in total. The summed E-state index contributed by atoms with van der Waals surface area (Å²) in [5.74, 6) is 3.63. The van der Waals surface area contributed by atoms with Crippen molar-refractivity contribution in [2.24, 2.45) is 9.98 Å². The van der Waals surface area contributed by atoms with Crippen LogP contribution in [-0.4, -0.2) is 89.6 Å². The van der Waals surface area contributed by atoms with Crippen LogP contribution in [0.4, 0.5) is 4.79 Å². The molecule has 0 aliphatic carbocycles. The first-order valence-corrected chi connectivity index (χ1v) is 12.1. The molecule has 0 bridgehead atoms. The Hall–Kier alpha value is -4.40. The lowest BCUT2D eigenvalue weighted by Crippen LogP contribution is -2.45. The topological polar surface area (TPSA) is 123 Å². The highest BCUT2D eigenvalue weighted by Gasteiger charge is 2.39. The monoisotopic (exact) mass is 515 g/mol. The number of morpholine rings is 1. The van der Waals surface area contributed by atoms with Crippen LogP contribution in [0.2, 0.25) is 0 Å². The van der Waals surface area contributed by atoms with E-state index in [2.05, 4.69) is 38.9 Å². The van der Waals surface area contributed by atoms with E-state index in [1.165, 1.54) is 22.1 Å². The number of fused-ring (bicyclic) bond motifs is 1. The molecular weight excluding hydrogens is 490 g/mol. The Morgan fingerprint density at radius 1 is 1.11 bits per heavy atom. The van der Waals surface area contributed by atoms with Crippen molar-refractivity contribution in [3.05, 3.63) is 58.9 Å². The Bertz CT molecular complexity index is 1410. The molecule has 1 atom stereocenters. The molecule has 3 aliphatic heterocycles. The largest absolute Gasteiger partial charge is 0.467 e. The zero-order chi connectivity index (χ0) is 26.6. The van der Waals surface area contributed by atoms with E-state index in [9.17, 15) is 19.2 Å². The number of rotatable bonds is 6. The van der Waals surface area contributed by atoms with E-state index in [4.69, 9.17) is 9.47 Å². The Morgan fingerprint density at radius 2 is 1.84 bits per heavy atom. The van der Waals surface area contributed by atoms with Crippen molar-refractivity contribution in [2.45, 2.75) is 25.6 Å². The molecule has 0 N–H and O–H groups in total. The van der Waals surface area contributed by atoms with Crippen LogP contribution in [0.5, 0.6) is 0 Å². The molecule has 38 heavy (non-hydrogen) atoms. The van der Waals surface area contributed by atoms with Crippen molar-refractivity contribution in [3.8, 4) is 11.8 Å². The second kappa shape index (κ2) is 10.9. The Labute approximate surface area is 218 Å². The van der Waals surface area contributed by atoms with Gasteiger partial charge in [0, 0.05) is 49.1 Å². The van der Waals surface area contributed by atoms with Gasteiger partial charge in [-0.3, -0.25) is 19.1 Å². The van der Waals surface area contributed by atoms with Gasteiger partial charge in [-0.2, -0.15) is 4.99 Å². The highest BCUT2D eigenvalue weighted by Crippen LogP contribution is 2.24. The van der Waals surface area contributed by atoms with E-state index in [1.54, 1.807) is 12.3 Å². The lowest BCUT2D eigenvalue weighted by atomic mass is 10.0. The van der Waals surface area contributed by atoms with E-state index in [0.29, 0.717) is 11.3 Å². The summed E-state index contributed by atoms with van der Waals surface area (Å²) in [5.41, 5.74) is 3.23. The molecule has 1 unspecified atom stereocenters. The third-order valence-corrected chi connectivity index (χ3v) is 6.58. The predicted molar refractivity (Wildman–Crippen MR) is 136 cm³/mol. The van der Waals surface area contributed by atoms with Crippen molar-refractivity contribution in [1.29, 1.82) is 0 Å². The third-order valence-electron chi connectivity index (χ3n) is 6.58. The molecule has 194 valence electrons. The van der Waals surface area contributed by atoms with Crippen LogP contribution in [0.25, 0.3) is 0 Å². The molecule has 5 rings (SSSR count). The summed E-state index contributed by atoms with van der Waals surface area (Å²) in [5, 5.41) is 0. The minimum absolute atomic E-state index is 0.111. The molecule has 1 aromatic heterocycles. The first-order chi connectivity index (χ1) is 18.4. The second-order valence-corrected chi connectivity index (χ2v) is 9.03. The van der Waals surface area contributed by atoms with Gasteiger partial charge in [0.05, 0.1) is 32.6 Å². The van der Waals surface area contributed by atoms with Gasteiger partial charge < -0.3 is 14.4 Å². The molecule has 1 aromatic carbocycles. The number of ketones is 1. The van der Waals surface area contributed by atoms with Gasteiger partial charge in [-0.05, 0) is 23.8 Å². The van der Waals surface area contributed by atoms with Crippen LogP contribution in [-0.2, 0) is 36.9 Å². The van der Waals surface area contributed by atoms with Gasteiger partial charge >= 0.3 is 17.9 Å². The van der Waals surface area contributed by atoms with Gasteiger partial charge in [-0.25, -0.2) is 14.6 Å². The Morgan fingerprint density at radius 3 is 2.55 bits per heavy atom. The fourth-order valence-electron chi connectivity index (χ4n) is 4.53. The Balaban J connectivity index is 1.26. The number of esters is 1. The van der Waals surface area contributed by atoms with Crippen LogP contribution in [0, 0.1) is 11.8 Å². The van der Waals surface area contributed by atoms with Crippen molar-refractivity contribution in [2.75, 3.05) is 33.4 Å². The van der Waals surface area contributed by atoms with Gasteiger partial charge in [-0.1, -0.05) is 24.0 Å². The van der Waals surface area contributed by atoms with Gasteiger partial charge in [-0.15, -0.1) is 0 Å². The summed E-state index contributed by atoms with van der Waals surface area (Å²) < 4.78 is 11.7. The molecule has 0 saturated carbocycles. The molecule has 0 radical (unpaired) electrons. The number of carbonyl (C=O) groups is 4. The number of benzene rings is 1. The maximum atomic E-state index is 13.1. The zero-order valence-corrected chi connectivity index (χ0v) is 20.8. The molecular formula is C27H25N5O6. The zero-order valence-electron chi connectivity index (χ0n) is 20.8. The van der Waals surface area contributed by atoms with Crippen LogP contribution in [0.15, 0.2) is 46.5 Å². The number of carbonyl (C=O) groups excluding carboxylic acids is 4.